The molecule has 2 saturated heterocycles. The summed E-state index contributed by atoms with van der Waals surface area (Å²) in [5.74, 6) is -1.97. The number of amides is 2. The second-order valence-corrected chi connectivity index (χ2v) is 8.39. The molecular formula is C18H17F3I2N4O4. The van der Waals surface area contributed by atoms with Crippen LogP contribution in [0, 0.1) is 25.0 Å². The molecule has 13 heteroatoms. The van der Waals surface area contributed by atoms with Gasteiger partial charge in [0.15, 0.2) is 0 Å². The number of anilines is 1. The number of carbonyl (C=O) groups excluding carboxylic acids is 2. The van der Waals surface area contributed by atoms with Crippen molar-refractivity contribution in [3.05, 3.63) is 49.2 Å². The smallest absolute Gasteiger partial charge is 0.254 e. The number of hydrogen-bond acceptors (Lipinski definition) is 6. The Labute approximate surface area is 203 Å². The molecule has 2 aliphatic rings. The van der Waals surface area contributed by atoms with Gasteiger partial charge in [0.1, 0.15) is 19.0 Å². The van der Waals surface area contributed by atoms with Gasteiger partial charge in [-0.2, -0.15) is 18.2 Å². The van der Waals surface area contributed by atoms with E-state index in [1.807, 2.05) is 45.2 Å². The first kappa shape index (κ1) is 25.7. The number of halogens is 5. The molecule has 8 nitrogen and oxygen atoms in total. The molecule has 0 saturated carbocycles. The van der Waals surface area contributed by atoms with Gasteiger partial charge in [-0.15, -0.1) is 0 Å². The highest BCUT2D eigenvalue weighted by Crippen LogP contribution is 2.17. The maximum absolute atomic E-state index is 13.0. The van der Waals surface area contributed by atoms with Gasteiger partial charge in [-0.3, -0.25) is 14.5 Å². The van der Waals surface area contributed by atoms with E-state index >= 15 is 0 Å². The summed E-state index contributed by atoms with van der Waals surface area (Å²) < 4.78 is 48.1. The number of rotatable bonds is 1. The molecule has 0 unspecified atom stereocenters. The van der Waals surface area contributed by atoms with Crippen molar-refractivity contribution in [2.45, 2.75) is 0 Å². The van der Waals surface area contributed by atoms with E-state index in [1.54, 1.807) is 6.07 Å². The molecule has 0 aliphatic carbocycles. The summed E-state index contributed by atoms with van der Waals surface area (Å²) in [5, 5.41) is 2.62. The van der Waals surface area contributed by atoms with Gasteiger partial charge in [-0.1, -0.05) is 0 Å². The van der Waals surface area contributed by atoms with Gasteiger partial charge in [0, 0.05) is 31.9 Å². The first-order chi connectivity index (χ1) is 14.7. The summed E-state index contributed by atoms with van der Waals surface area (Å²) >= 11 is 3.80. The normalized spacial score (nSPS) is 15.8. The number of nitrogens with one attached hydrogen (secondary N) is 1. The number of carbonyl (C=O) groups is 2. The molecule has 1 N–H and O–H groups in total. The third-order valence-corrected chi connectivity index (χ3v) is 4.78. The Hall–Kier alpha value is -1.59. The summed E-state index contributed by atoms with van der Waals surface area (Å²) in [5.41, 5.74) is 0. The molecule has 0 aromatic carbocycles. The fourth-order valence-electron chi connectivity index (χ4n) is 2.27. The highest BCUT2D eigenvalue weighted by atomic mass is 127. The molecule has 4 heterocycles. The predicted octanol–water partition coefficient (Wildman–Crippen LogP) is 2.29. The maximum Gasteiger partial charge on any atom is 0.254 e. The largest absolute Gasteiger partial charge is 0.370 e. The summed E-state index contributed by atoms with van der Waals surface area (Å²) in [6, 6.07) is 5.30. The molecule has 2 fully saturated rings. The van der Waals surface area contributed by atoms with Crippen LogP contribution in [0.3, 0.4) is 0 Å². The van der Waals surface area contributed by atoms with Crippen molar-refractivity contribution in [3.8, 4) is 0 Å². The molecule has 31 heavy (non-hydrogen) atoms. The van der Waals surface area contributed by atoms with Crippen molar-refractivity contribution < 1.29 is 32.2 Å². The fourth-order valence-corrected chi connectivity index (χ4v) is 3.32. The average molecular weight is 664 g/mol. The summed E-state index contributed by atoms with van der Waals surface area (Å²) in [4.78, 5) is 29.7. The molecule has 2 aromatic heterocycles. The van der Waals surface area contributed by atoms with E-state index in [1.165, 1.54) is 11.0 Å². The predicted molar refractivity (Wildman–Crippen MR) is 121 cm³/mol. The highest BCUT2D eigenvalue weighted by molar-refractivity contribution is 14.1. The third-order valence-electron chi connectivity index (χ3n) is 3.54. The number of morpholine rings is 2. The first-order valence-corrected chi connectivity index (χ1v) is 10.9. The lowest BCUT2D eigenvalue weighted by molar-refractivity contribution is -0.129. The number of nitrogens with zero attached hydrogens (tertiary/aromatic N) is 3. The molecular weight excluding hydrogens is 647 g/mol. The summed E-state index contributed by atoms with van der Waals surface area (Å²) in [6.07, 6.45) is 0. The van der Waals surface area contributed by atoms with Crippen LogP contribution >= 0.6 is 45.2 Å². The Kier molecular flexibility index (Phi) is 10.8. The van der Waals surface area contributed by atoms with Crippen LogP contribution in [0.5, 0.6) is 0 Å². The van der Waals surface area contributed by atoms with Gasteiger partial charge in [0.2, 0.25) is 23.8 Å². The van der Waals surface area contributed by atoms with Gasteiger partial charge in [-0.05, 0) is 51.2 Å². The second-order valence-electron chi connectivity index (χ2n) is 5.90. The third kappa shape index (κ3) is 9.61. The van der Waals surface area contributed by atoms with Crippen molar-refractivity contribution in [2.24, 2.45) is 0 Å². The van der Waals surface area contributed by atoms with Crippen molar-refractivity contribution in [1.82, 2.24) is 15.3 Å². The van der Waals surface area contributed by atoms with Crippen LogP contribution in [-0.4, -0.2) is 61.3 Å². The van der Waals surface area contributed by atoms with E-state index in [0.717, 1.165) is 15.7 Å². The van der Waals surface area contributed by atoms with E-state index in [0.29, 0.717) is 35.7 Å². The van der Waals surface area contributed by atoms with Gasteiger partial charge in [-0.25, -0.2) is 4.98 Å². The van der Waals surface area contributed by atoms with E-state index in [4.69, 9.17) is 9.47 Å². The zero-order chi connectivity index (χ0) is 22.8. The number of ether oxygens (including phenoxy) is 2. The van der Waals surface area contributed by atoms with E-state index in [2.05, 4.69) is 15.3 Å². The summed E-state index contributed by atoms with van der Waals surface area (Å²) in [7, 11) is 0. The Morgan fingerprint density at radius 1 is 0.871 bits per heavy atom. The monoisotopic (exact) mass is 664 g/mol. The minimum absolute atomic E-state index is 0.00810. The SMILES string of the molecule is Fc1cc(I)cc(F)n1.O=C1COCCN1.O=C1COCCN1c1cc(I)cc(F)n1. The quantitative estimate of drug-likeness (QED) is 0.372. The Balaban J connectivity index is 0.000000181. The minimum Gasteiger partial charge on any atom is -0.370 e. The molecule has 0 radical (unpaired) electrons. The van der Waals surface area contributed by atoms with Crippen LogP contribution in [0.4, 0.5) is 19.0 Å². The number of aromatic nitrogens is 2. The van der Waals surface area contributed by atoms with Gasteiger partial charge in [0.25, 0.3) is 5.91 Å². The average Bonchev–Trinajstić information content (AvgIpc) is 2.68. The van der Waals surface area contributed by atoms with E-state index in [9.17, 15) is 22.8 Å². The number of pyridine rings is 2. The standard InChI is InChI=1S/C9H8FIN2O2.C5H2F2IN.C4H7NO2/c10-7-3-6(11)4-8(12-7)13-1-2-15-5-9(13)14;6-4-1-3(8)2-5(7)9-4;6-4-3-7-2-1-5-4/h3-4H,1-2,5H2;1-2H;1-3H2,(H,5,6). The number of hydrogen-bond donors (Lipinski definition) is 1. The molecule has 2 aliphatic heterocycles. The van der Waals surface area contributed by atoms with Crippen LogP contribution in [0.1, 0.15) is 0 Å². The van der Waals surface area contributed by atoms with Crippen molar-refractivity contribution in [1.29, 1.82) is 0 Å². The van der Waals surface area contributed by atoms with Crippen molar-refractivity contribution in [2.75, 3.05) is 44.4 Å². The van der Waals surface area contributed by atoms with Gasteiger partial charge >= 0.3 is 0 Å². The second kappa shape index (κ2) is 13.1. The van der Waals surface area contributed by atoms with E-state index in [-0.39, 0.29) is 25.0 Å². The van der Waals surface area contributed by atoms with Crippen molar-refractivity contribution >= 4 is 62.8 Å². The lowest BCUT2D eigenvalue weighted by Crippen LogP contribution is -2.42. The first-order valence-electron chi connectivity index (χ1n) is 8.79. The Morgan fingerprint density at radius 2 is 1.45 bits per heavy atom. The zero-order valence-electron chi connectivity index (χ0n) is 15.9. The molecule has 2 amide bonds. The maximum atomic E-state index is 13.0. The Bertz CT molecular complexity index is 845. The Morgan fingerprint density at radius 3 is 1.90 bits per heavy atom. The molecule has 168 valence electrons. The molecule has 0 bridgehead atoms. The zero-order valence-corrected chi connectivity index (χ0v) is 20.2. The fraction of sp³-hybridized carbons (Fsp3) is 0.333. The van der Waals surface area contributed by atoms with Crippen LogP contribution in [0.15, 0.2) is 24.3 Å². The summed E-state index contributed by atoms with van der Waals surface area (Å²) in [6.45, 7) is 2.48. The van der Waals surface area contributed by atoms with Crippen molar-refractivity contribution in [3.63, 3.8) is 0 Å². The molecule has 2 aromatic rings. The lowest BCUT2D eigenvalue weighted by atomic mass is 10.3. The lowest BCUT2D eigenvalue weighted by Gasteiger charge is -2.25. The van der Waals surface area contributed by atoms with Crippen LogP contribution in [-0.2, 0) is 19.1 Å². The molecule has 4 rings (SSSR count). The van der Waals surface area contributed by atoms with Crippen LogP contribution in [0.25, 0.3) is 0 Å². The molecule has 0 atom stereocenters. The minimum atomic E-state index is -0.778. The highest BCUT2D eigenvalue weighted by Gasteiger charge is 2.21. The molecule has 0 spiro atoms. The van der Waals surface area contributed by atoms with Gasteiger partial charge < -0.3 is 14.8 Å². The topological polar surface area (TPSA) is 93.6 Å². The van der Waals surface area contributed by atoms with Crippen LogP contribution in [0.2, 0.25) is 0 Å². The van der Waals surface area contributed by atoms with Gasteiger partial charge in [0.05, 0.1) is 19.8 Å². The van der Waals surface area contributed by atoms with Crippen LogP contribution < -0.4 is 10.2 Å². The van der Waals surface area contributed by atoms with E-state index < -0.39 is 17.8 Å².